The average Bonchev–Trinajstić information content (AvgIpc) is 2.37. The molecular weight excluding hydrogens is 258 g/mol. The maximum Gasteiger partial charge on any atom is 0.315 e. The van der Waals surface area contributed by atoms with E-state index < -0.39 is 5.97 Å². The Balaban J connectivity index is 2.08. The topological polar surface area (TPSA) is 81.7 Å². The molecule has 2 amide bonds. The first-order valence-electron chi connectivity index (χ1n) is 7.42. The maximum atomic E-state index is 11.7. The Morgan fingerprint density at radius 1 is 1.35 bits per heavy atom. The highest BCUT2D eigenvalue weighted by Gasteiger charge is 2.17. The van der Waals surface area contributed by atoms with Crippen molar-refractivity contribution in [2.45, 2.75) is 45.1 Å². The van der Waals surface area contributed by atoms with E-state index in [1.807, 2.05) is 6.92 Å². The third kappa shape index (κ3) is 7.33. The van der Waals surface area contributed by atoms with Crippen LogP contribution < -0.4 is 10.6 Å². The highest BCUT2D eigenvalue weighted by Crippen LogP contribution is 2.14. The minimum Gasteiger partial charge on any atom is -0.481 e. The van der Waals surface area contributed by atoms with Crippen LogP contribution in [0.25, 0.3) is 0 Å². The number of rotatable bonds is 7. The van der Waals surface area contributed by atoms with E-state index in [0.717, 1.165) is 32.5 Å². The van der Waals surface area contributed by atoms with Crippen molar-refractivity contribution in [3.8, 4) is 0 Å². The van der Waals surface area contributed by atoms with Crippen LogP contribution in [0.1, 0.15) is 39.0 Å². The molecule has 1 fully saturated rings. The Morgan fingerprint density at radius 3 is 2.60 bits per heavy atom. The van der Waals surface area contributed by atoms with E-state index in [1.54, 1.807) is 0 Å². The van der Waals surface area contributed by atoms with Crippen LogP contribution in [0.3, 0.4) is 0 Å². The Labute approximate surface area is 120 Å². The first-order valence-corrected chi connectivity index (χ1v) is 7.42. The van der Waals surface area contributed by atoms with Crippen molar-refractivity contribution in [2.24, 2.45) is 5.92 Å². The molecule has 1 unspecified atom stereocenters. The van der Waals surface area contributed by atoms with Crippen LogP contribution in [-0.4, -0.2) is 54.7 Å². The van der Waals surface area contributed by atoms with E-state index >= 15 is 0 Å². The average molecular weight is 285 g/mol. The lowest BCUT2D eigenvalue weighted by Gasteiger charge is -2.29. The Hall–Kier alpha value is -1.30. The maximum absolute atomic E-state index is 11.7. The molecule has 1 aliphatic heterocycles. The number of nitrogens with zero attached hydrogens (tertiary/aromatic N) is 1. The molecule has 0 saturated carbocycles. The Kier molecular flexibility index (Phi) is 7.36. The molecule has 0 aromatic heterocycles. The molecule has 6 nitrogen and oxygen atoms in total. The number of amides is 2. The number of carbonyl (C=O) groups is 2. The summed E-state index contributed by atoms with van der Waals surface area (Å²) < 4.78 is 0. The quantitative estimate of drug-likeness (QED) is 0.658. The molecule has 0 aliphatic carbocycles. The van der Waals surface area contributed by atoms with Gasteiger partial charge >= 0.3 is 12.0 Å². The number of likely N-dealkylation sites (tertiary alicyclic amines) is 1. The number of piperidine rings is 1. The lowest BCUT2D eigenvalue weighted by Crippen LogP contribution is -2.44. The van der Waals surface area contributed by atoms with Crippen LogP contribution in [0.5, 0.6) is 0 Å². The van der Waals surface area contributed by atoms with Crippen LogP contribution >= 0.6 is 0 Å². The van der Waals surface area contributed by atoms with Gasteiger partial charge in [-0.05, 0) is 58.7 Å². The molecule has 20 heavy (non-hydrogen) atoms. The summed E-state index contributed by atoms with van der Waals surface area (Å²) in [4.78, 5) is 24.4. The number of hydrogen-bond donors (Lipinski definition) is 3. The summed E-state index contributed by atoms with van der Waals surface area (Å²) in [5.41, 5.74) is 0. The molecule has 1 heterocycles. The number of nitrogens with one attached hydrogen (secondary N) is 2. The van der Waals surface area contributed by atoms with E-state index in [1.165, 1.54) is 0 Å². The zero-order valence-corrected chi connectivity index (χ0v) is 12.5. The van der Waals surface area contributed by atoms with Gasteiger partial charge in [0, 0.05) is 19.0 Å². The summed E-state index contributed by atoms with van der Waals surface area (Å²) in [7, 11) is 2.12. The number of carboxylic acid groups (broad SMARTS) is 1. The normalized spacial score (nSPS) is 18.5. The van der Waals surface area contributed by atoms with Gasteiger partial charge in [-0.15, -0.1) is 0 Å². The first-order chi connectivity index (χ1) is 9.47. The van der Waals surface area contributed by atoms with Crippen LogP contribution in [0, 0.1) is 5.92 Å². The fraction of sp³-hybridized carbons (Fsp3) is 0.857. The molecule has 1 saturated heterocycles. The molecule has 0 aromatic rings. The van der Waals surface area contributed by atoms with E-state index in [9.17, 15) is 9.59 Å². The summed E-state index contributed by atoms with van der Waals surface area (Å²) in [6.07, 6.45) is 3.69. The smallest absolute Gasteiger partial charge is 0.315 e. The largest absolute Gasteiger partial charge is 0.481 e. The summed E-state index contributed by atoms with van der Waals surface area (Å²) >= 11 is 0. The van der Waals surface area contributed by atoms with E-state index in [0.29, 0.717) is 18.8 Å². The molecule has 1 aliphatic rings. The molecule has 0 aromatic carbocycles. The lowest BCUT2D eigenvalue weighted by atomic mass is 9.97. The zero-order chi connectivity index (χ0) is 15.0. The van der Waals surface area contributed by atoms with Crippen LogP contribution in [0.15, 0.2) is 0 Å². The summed E-state index contributed by atoms with van der Waals surface area (Å²) in [6, 6.07) is -0.140. The van der Waals surface area contributed by atoms with Crippen molar-refractivity contribution >= 4 is 12.0 Å². The van der Waals surface area contributed by atoms with Crippen molar-refractivity contribution in [3.63, 3.8) is 0 Å². The highest BCUT2D eigenvalue weighted by atomic mass is 16.4. The van der Waals surface area contributed by atoms with Gasteiger partial charge in [0.1, 0.15) is 0 Å². The van der Waals surface area contributed by atoms with Gasteiger partial charge in [-0.25, -0.2) is 4.79 Å². The standard InChI is InChI=1S/C14H27N3O3/c1-11(4-3-5-13(18)19)16-14(20)15-10-12-6-8-17(2)9-7-12/h11-12H,3-10H2,1-2H3,(H,18,19)(H2,15,16,20). The van der Waals surface area contributed by atoms with Gasteiger partial charge in [0.25, 0.3) is 0 Å². The van der Waals surface area contributed by atoms with Gasteiger partial charge in [0.05, 0.1) is 0 Å². The van der Waals surface area contributed by atoms with Crippen LogP contribution in [0.4, 0.5) is 4.79 Å². The molecular formula is C14H27N3O3. The lowest BCUT2D eigenvalue weighted by molar-refractivity contribution is -0.137. The van der Waals surface area contributed by atoms with Gasteiger partial charge < -0.3 is 20.6 Å². The number of urea groups is 1. The van der Waals surface area contributed by atoms with Gasteiger partial charge in [-0.1, -0.05) is 0 Å². The SMILES string of the molecule is CC(CCCC(=O)O)NC(=O)NCC1CCN(C)CC1. The molecule has 3 N–H and O–H groups in total. The van der Waals surface area contributed by atoms with E-state index in [-0.39, 0.29) is 18.5 Å². The number of carbonyl (C=O) groups excluding carboxylic acids is 1. The number of carboxylic acids is 1. The second-order valence-electron chi connectivity index (χ2n) is 5.79. The summed E-state index contributed by atoms with van der Waals surface area (Å²) in [5.74, 6) is -0.219. The minimum absolute atomic E-state index is 0.00633. The molecule has 1 rings (SSSR count). The molecule has 0 bridgehead atoms. The predicted octanol–water partition coefficient (Wildman–Crippen LogP) is 1.27. The molecule has 6 heteroatoms. The molecule has 0 radical (unpaired) electrons. The third-order valence-corrected chi connectivity index (χ3v) is 3.79. The first kappa shape index (κ1) is 16.8. The van der Waals surface area contributed by atoms with Gasteiger partial charge in [0.2, 0.25) is 0 Å². The minimum atomic E-state index is -0.788. The van der Waals surface area contributed by atoms with Crippen molar-refractivity contribution < 1.29 is 14.7 Å². The molecule has 1 atom stereocenters. The fourth-order valence-electron chi connectivity index (χ4n) is 2.41. The van der Waals surface area contributed by atoms with Crippen molar-refractivity contribution in [3.05, 3.63) is 0 Å². The van der Waals surface area contributed by atoms with Crippen molar-refractivity contribution in [1.82, 2.24) is 15.5 Å². The Morgan fingerprint density at radius 2 is 2.00 bits per heavy atom. The predicted molar refractivity (Wildman–Crippen MR) is 77.7 cm³/mol. The van der Waals surface area contributed by atoms with Gasteiger partial charge in [-0.2, -0.15) is 0 Å². The monoisotopic (exact) mass is 285 g/mol. The van der Waals surface area contributed by atoms with Crippen LogP contribution in [-0.2, 0) is 4.79 Å². The number of hydrogen-bond acceptors (Lipinski definition) is 3. The number of aliphatic carboxylic acids is 1. The van der Waals surface area contributed by atoms with Crippen molar-refractivity contribution in [2.75, 3.05) is 26.7 Å². The molecule has 116 valence electrons. The fourth-order valence-corrected chi connectivity index (χ4v) is 2.41. The zero-order valence-electron chi connectivity index (χ0n) is 12.5. The highest BCUT2D eigenvalue weighted by molar-refractivity contribution is 5.74. The van der Waals surface area contributed by atoms with Gasteiger partial charge in [-0.3, -0.25) is 4.79 Å². The second-order valence-corrected chi connectivity index (χ2v) is 5.79. The second kappa shape index (κ2) is 8.79. The van der Waals surface area contributed by atoms with E-state index in [2.05, 4.69) is 22.6 Å². The third-order valence-electron chi connectivity index (χ3n) is 3.79. The van der Waals surface area contributed by atoms with Crippen LogP contribution in [0.2, 0.25) is 0 Å². The summed E-state index contributed by atoms with van der Waals surface area (Å²) in [6.45, 7) is 4.82. The summed E-state index contributed by atoms with van der Waals surface area (Å²) in [5, 5.41) is 14.3. The Bertz CT molecular complexity index is 315. The van der Waals surface area contributed by atoms with Gasteiger partial charge in [0.15, 0.2) is 0 Å². The molecule has 0 spiro atoms. The van der Waals surface area contributed by atoms with E-state index in [4.69, 9.17) is 5.11 Å². The van der Waals surface area contributed by atoms with Crippen molar-refractivity contribution in [1.29, 1.82) is 0 Å².